The van der Waals surface area contributed by atoms with Crippen LogP contribution in [0.25, 0.3) is 0 Å². The summed E-state index contributed by atoms with van der Waals surface area (Å²) in [7, 11) is -2.36. The van der Waals surface area contributed by atoms with Crippen molar-refractivity contribution in [1.29, 1.82) is 0 Å². The number of piperidine rings is 1. The molecule has 0 radical (unpaired) electrons. The molecule has 2 fully saturated rings. The molecule has 2 bridgehead atoms. The Hall–Kier alpha value is -2.65. The second-order valence-corrected chi connectivity index (χ2v) is 9.18. The molecule has 2 aliphatic rings. The van der Waals surface area contributed by atoms with Crippen molar-refractivity contribution in [1.82, 2.24) is 9.29 Å². The third-order valence-corrected chi connectivity index (χ3v) is 7.59. The number of sulfonamides is 1. The van der Waals surface area contributed by atoms with Gasteiger partial charge in [-0.05, 0) is 43.2 Å². The molecular formula is C20H23N3O5S. The predicted molar refractivity (Wildman–Crippen MR) is 105 cm³/mol. The van der Waals surface area contributed by atoms with Gasteiger partial charge in [-0.2, -0.15) is 4.31 Å². The Balaban J connectivity index is 1.58. The first-order valence-corrected chi connectivity index (χ1v) is 10.9. The fraction of sp³-hybridized carbons (Fsp3) is 0.400. The molecule has 1 amide bonds. The number of hydrogen-bond donors (Lipinski definition) is 1. The summed E-state index contributed by atoms with van der Waals surface area (Å²) >= 11 is 0. The number of nitrogens with two attached hydrogens (primary N) is 1. The topological polar surface area (TPSA) is 112 Å². The van der Waals surface area contributed by atoms with Crippen molar-refractivity contribution in [2.45, 2.75) is 48.8 Å². The van der Waals surface area contributed by atoms with Gasteiger partial charge in [0.15, 0.2) is 0 Å². The van der Waals surface area contributed by atoms with Gasteiger partial charge in [-0.3, -0.25) is 9.78 Å². The van der Waals surface area contributed by atoms with E-state index in [4.69, 9.17) is 15.2 Å². The molecule has 0 spiro atoms. The number of benzene rings is 1. The zero-order valence-corrected chi connectivity index (χ0v) is 16.8. The van der Waals surface area contributed by atoms with Gasteiger partial charge in [-0.25, -0.2) is 8.42 Å². The first-order valence-electron chi connectivity index (χ1n) is 9.48. The highest BCUT2D eigenvalue weighted by Crippen LogP contribution is 2.41. The van der Waals surface area contributed by atoms with Crippen LogP contribution in [0.2, 0.25) is 0 Å². The normalized spacial score (nSPS) is 24.2. The van der Waals surface area contributed by atoms with E-state index in [-0.39, 0.29) is 34.4 Å². The summed E-state index contributed by atoms with van der Waals surface area (Å²) in [5.74, 6) is 0.261. The van der Waals surface area contributed by atoms with Crippen LogP contribution in [-0.4, -0.2) is 48.9 Å². The van der Waals surface area contributed by atoms with Gasteiger partial charge in [0.2, 0.25) is 10.0 Å². The van der Waals surface area contributed by atoms with Crippen molar-refractivity contribution in [2.75, 3.05) is 7.11 Å². The molecule has 8 nitrogen and oxygen atoms in total. The molecule has 2 aliphatic heterocycles. The summed E-state index contributed by atoms with van der Waals surface area (Å²) < 4.78 is 39.5. The van der Waals surface area contributed by atoms with Crippen molar-refractivity contribution in [3.05, 3.63) is 48.3 Å². The largest absolute Gasteiger partial charge is 0.496 e. The lowest BCUT2D eigenvalue weighted by Gasteiger charge is -2.37. The number of nitrogens with zero attached hydrogens (tertiary/aromatic N) is 2. The minimum atomic E-state index is -3.77. The second-order valence-electron chi connectivity index (χ2n) is 7.34. The van der Waals surface area contributed by atoms with Gasteiger partial charge in [0.25, 0.3) is 5.91 Å². The van der Waals surface area contributed by atoms with Gasteiger partial charge in [0.05, 0.1) is 17.6 Å². The minimum absolute atomic E-state index is 0.0432. The van der Waals surface area contributed by atoms with E-state index in [9.17, 15) is 13.2 Å². The second kappa shape index (κ2) is 7.64. The van der Waals surface area contributed by atoms with E-state index in [0.717, 1.165) is 18.6 Å². The maximum absolute atomic E-state index is 13.4. The Labute approximate surface area is 169 Å². The molecule has 0 unspecified atom stereocenters. The van der Waals surface area contributed by atoms with E-state index in [1.54, 1.807) is 28.8 Å². The molecule has 2 saturated heterocycles. The number of rotatable bonds is 6. The molecular weight excluding hydrogens is 394 g/mol. The van der Waals surface area contributed by atoms with Gasteiger partial charge in [0, 0.05) is 37.3 Å². The average molecular weight is 417 g/mol. The Morgan fingerprint density at radius 3 is 2.38 bits per heavy atom. The third-order valence-electron chi connectivity index (χ3n) is 5.59. The van der Waals surface area contributed by atoms with Gasteiger partial charge in [-0.15, -0.1) is 0 Å². The average Bonchev–Trinajstić information content (AvgIpc) is 3.00. The highest BCUT2D eigenvalue weighted by atomic mass is 32.2. The Bertz CT molecular complexity index is 998. The SMILES string of the molecule is COc1ccc(S(=O)(=O)N2[C@H]3CC[C@H]2CC(Oc2ccncc2)C3)cc1C(N)=O. The Morgan fingerprint density at radius 1 is 1.14 bits per heavy atom. The van der Waals surface area contributed by atoms with Crippen LogP contribution in [0.15, 0.2) is 47.6 Å². The number of carbonyl (C=O) groups is 1. The molecule has 3 heterocycles. The first-order chi connectivity index (χ1) is 13.9. The van der Waals surface area contributed by atoms with Crippen LogP contribution >= 0.6 is 0 Å². The Kier molecular flexibility index (Phi) is 5.18. The molecule has 2 atom stereocenters. The van der Waals surface area contributed by atoms with Crippen molar-refractivity contribution in [3.8, 4) is 11.5 Å². The number of fused-ring (bicyclic) bond motifs is 2. The van der Waals surface area contributed by atoms with Crippen LogP contribution in [0.4, 0.5) is 0 Å². The number of ether oxygens (including phenoxy) is 2. The van der Waals surface area contributed by atoms with E-state index in [2.05, 4.69) is 4.98 Å². The molecule has 2 aromatic rings. The molecule has 1 aromatic heterocycles. The number of amides is 1. The van der Waals surface area contributed by atoms with E-state index in [0.29, 0.717) is 12.8 Å². The fourth-order valence-electron chi connectivity index (χ4n) is 4.34. The summed E-state index contributed by atoms with van der Waals surface area (Å²) in [6.07, 6.45) is 6.12. The number of carbonyl (C=O) groups excluding carboxylic acids is 1. The highest BCUT2D eigenvalue weighted by Gasteiger charge is 2.48. The highest BCUT2D eigenvalue weighted by molar-refractivity contribution is 7.89. The molecule has 0 saturated carbocycles. The van der Waals surface area contributed by atoms with Gasteiger partial charge in [-0.1, -0.05) is 0 Å². The van der Waals surface area contributed by atoms with E-state index < -0.39 is 15.9 Å². The van der Waals surface area contributed by atoms with Crippen LogP contribution in [0.3, 0.4) is 0 Å². The number of primary amides is 1. The molecule has 2 N–H and O–H groups in total. The maximum Gasteiger partial charge on any atom is 0.252 e. The van der Waals surface area contributed by atoms with E-state index >= 15 is 0 Å². The molecule has 0 aliphatic carbocycles. The number of methoxy groups -OCH3 is 1. The quantitative estimate of drug-likeness (QED) is 0.769. The molecule has 1 aromatic carbocycles. The lowest BCUT2D eigenvalue weighted by Crippen LogP contribution is -2.49. The first kappa shape index (κ1) is 19.7. The smallest absolute Gasteiger partial charge is 0.252 e. The minimum Gasteiger partial charge on any atom is -0.496 e. The summed E-state index contributed by atoms with van der Waals surface area (Å²) in [5, 5.41) is 0. The lowest BCUT2D eigenvalue weighted by molar-refractivity contribution is 0.0956. The summed E-state index contributed by atoms with van der Waals surface area (Å²) in [4.78, 5) is 15.7. The van der Waals surface area contributed by atoms with Crippen molar-refractivity contribution >= 4 is 15.9 Å². The zero-order chi connectivity index (χ0) is 20.6. The van der Waals surface area contributed by atoms with Gasteiger partial charge in [0.1, 0.15) is 17.6 Å². The summed E-state index contributed by atoms with van der Waals surface area (Å²) in [5.41, 5.74) is 5.44. The van der Waals surface area contributed by atoms with Gasteiger partial charge < -0.3 is 15.2 Å². The number of aromatic nitrogens is 1. The van der Waals surface area contributed by atoms with Crippen LogP contribution in [0.5, 0.6) is 11.5 Å². The predicted octanol–water partition coefficient (Wildman–Crippen LogP) is 1.95. The zero-order valence-electron chi connectivity index (χ0n) is 16.0. The molecule has 154 valence electrons. The third kappa shape index (κ3) is 3.67. The van der Waals surface area contributed by atoms with Gasteiger partial charge >= 0.3 is 0 Å². The maximum atomic E-state index is 13.4. The lowest BCUT2D eigenvalue weighted by atomic mass is 10.0. The van der Waals surface area contributed by atoms with Crippen LogP contribution < -0.4 is 15.2 Å². The molecule has 4 rings (SSSR count). The fourth-order valence-corrected chi connectivity index (χ4v) is 6.26. The van der Waals surface area contributed by atoms with E-state index in [1.807, 2.05) is 0 Å². The number of hydrogen-bond acceptors (Lipinski definition) is 6. The summed E-state index contributed by atoms with van der Waals surface area (Å²) in [6, 6.07) is 7.56. The monoisotopic (exact) mass is 417 g/mol. The van der Waals surface area contributed by atoms with Crippen molar-refractivity contribution in [3.63, 3.8) is 0 Å². The van der Waals surface area contributed by atoms with E-state index in [1.165, 1.54) is 25.3 Å². The number of pyridine rings is 1. The molecule has 9 heteroatoms. The van der Waals surface area contributed by atoms with Crippen LogP contribution in [0.1, 0.15) is 36.0 Å². The summed E-state index contributed by atoms with van der Waals surface area (Å²) in [6.45, 7) is 0. The van der Waals surface area contributed by atoms with Crippen molar-refractivity contribution < 1.29 is 22.7 Å². The Morgan fingerprint density at radius 2 is 1.79 bits per heavy atom. The standard InChI is InChI=1S/C20H23N3O5S/c1-27-19-5-4-17(12-18(19)20(21)24)29(25,26)23-13-2-3-14(23)11-16(10-13)28-15-6-8-22-9-7-15/h4-9,12-14,16H,2-3,10-11H2,1H3,(H2,21,24)/t13-,14-/m0/s1. The van der Waals surface area contributed by atoms with Crippen LogP contribution in [0, 0.1) is 0 Å². The van der Waals surface area contributed by atoms with Crippen LogP contribution in [-0.2, 0) is 10.0 Å². The molecule has 29 heavy (non-hydrogen) atoms. The van der Waals surface area contributed by atoms with Crippen molar-refractivity contribution in [2.24, 2.45) is 5.73 Å².